The Morgan fingerprint density at radius 2 is 1.95 bits per heavy atom. The van der Waals surface area contributed by atoms with Gasteiger partial charge >= 0.3 is 0 Å². The molecule has 4 nitrogen and oxygen atoms in total. The molecular formula is C16H18N2O2. The molecule has 2 aromatic rings. The van der Waals surface area contributed by atoms with E-state index in [1.54, 1.807) is 18.2 Å². The Morgan fingerprint density at radius 1 is 1.20 bits per heavy atom. The first kappa shape index (κ1) is 13.9. The largest absolute Gasteiger partial charge is 0.493 e. The fourth-order valence-electron chi connectivity index (χ4n) is 1.96. The van der Waals surface area contributed by atoms with Crippen molar-refractivity contribution in [2.45, 2.75) is 13.8 Å². The maximum atomic E-state index is 12.4. The predicted molar refractivity (Wildman–Crippen MR) is 81.2 cm³/mol. The lowest BCUT2D eigenvalue weighted by Crippen LogP contribution is -2.16. The highest BCUT2D eigenvalue weighted by molar-refractivity contribution is 6.10. The Hall–Kier alpha value is -2.49. The number of carbonyl (C=O) groups is 1. The minimum atomic E-state index is -0.263. The van der Waals surface area contributed by atoms with E-state index in [9.17, 15) is 4.79 Å². The second-order valence-corrected chi connectivity index (χ2v) is 4.42. The van der Waals surface area contributed by atoms with Gasteiger partial charge in [-0.25, -0.2) is 0 Å². The van der Waals surface area contributed by atoms with E-state index >= 15 is 0 Å². The standard InChI is InChI=1S/C16H18N2O2/c1-3-20-14-10-6-8-12(17)15(14)16(19)18-13-9-5-4-7-11(13)2/h4-10H,3,17H2,1-2H3,(H,18,19). The van der Waals surface area contributed by atoms with E-state index in [0.29, 0.717) is 23.6 Å². The molecule has 0 bridgehead atoms. The zero-order valence-corrected chi connectivity index (χ0v) is 11.6. The van der Waals surface area contributed by atoms with E-state index in [4.69, 9.17) is 10.5 Å². The SMILES string of the molecule is CCOc1cccc(N)c1C(=O)Nc1ccccc1C. The van der Waals surface area contributed by atoms with Crippen molar-refractivity contribution >= 4 is 17.3 Å². The van der Waals surface area contributed by atoms with Gasteiger partial charge in [0.25, 0.3) is 5.91 Å². The third kappa shape index (κ3) is 2.91. The van der Waals surface area contributed by atoms with Crippen LogP contribution >= 0.6 is 0 Å². The van der Waals surface area contributed by atoms with E-state index < -0.39 is 0 Å². The number of nitrogen functional groups attached to an aromatic ring is 1. The van der Waals surface area contributed by atoms with E-state index in [2.05, 4.69) is 5.32 Å². The minimum Gasteiger partial charge on any atom is -0.493 e. The molecule has 0 heterocycles. The molecule has 1 amide bonds. The number of rotatable bonds is 4. The molecule has 0 aliphatic carbocycles. The van der Waals surface area contributed by atoms with Crippen LogP contribution < -0.4 is 15.8 Å². The molecule has 0 saturated carbocycles. The van der Waals surface area contributed by atoms with Crippen LogP contribution in [-0.4, -0.2) is 12.5 Å². The molecule has 0 fully saturated rings. The first-order valence-electron chi connectivity index (χ1n) is 6.51. The second kappa shape index (κ2) is 6.10. The van der Waals surface area contributed by atoms with Crippen LogP contribution in [0.4, 0.5) is 11.4 Å². The molecular weight excluding hydrogens is 252 g/mol. The molecule has 0 aliphatic heterocycles. The summed E-state index contributed by atoms with van der Waals surface area (Å²) < 4.78 is 5.47. The highest BCUT2D eigenvalue weighted by atomic mass is 16.5. The Morgan fingerprint density at radius 3 is 2.65 bits per heavy atom. The highest BCUT2D eigenvalue weighted by Crippen LogP contribution is 2.26. The number of benzene rings is 2. The Labute approximate surface area is 118 Å². The average Bonchev–Trinajstić information content (AvgIpc) is 2.42. The summed E-state index contributed by atoms with van der Waals surface area (Å²) in [7, 11) is 0. The first-order chi connectivity index (χ1) is 9.63. The molecule has 2 aromatic carbocycles. The summed E-state index contributed by atoms with van der Waals surface area (Å²) in [5.74, 6) is 0.236. The molecule has 0 atom stereocenters. The molecule has 4 heteroatoms. The molecule has 0 unspecified atom stereocenters. The summed E-state index contributed by atoms with van der Waals surface area (Å²) in [6.07, 6.45) is 0. The summed E-state index contributed by atoms with van der Waals surface area (Å²) in [5.41, 5.74) is 8.44. The molecule has 3 N–H and O–H groups in total. The fraction of sp³-hybridized carbons (Fsp3) is 0.188. The summed E-state index contributed by atoms with van der Waals surface area (Å²) in [5, 5.41) is 2.87. The molecule has 20 heavy (non-hydrogen) atoms. The highest BCUT2D eigenvalue weighted by Gasteiger charge is 2.16. The van der Waals surface area contributed by atoms with Gasteiger partial charge in [-0.05, 0) is 37.6 Å². The van der Waals surface area contributed by atoms with Crippen molar-refractivity contribution in [1.29, 1.82) is 0 Å². The fourth-order valence-corrected chi connectivity index (χ4v) is 1.96. The normalized spacial score (nSPS) is 10.1. The van der Waals surface area contributed by atoms with Gasteiger partial charge in [-0.15, -0.1) is 0 Å². The van der Waals surface area contributed by atoms with Crippen molar-refractivity contribution in [1.82, 2.24) is 0 Å². The van der Waals surface area contributed by atoms with Crippen LogP contribution in [0.3, 0.4) is 0 Å². The van der Waals surface area contributed by atoms with Crippen LogP contribution in [0.5, 0.6) is 5.75 Å². The number of hydrogen-bond acceptors (Lipinski definition) is 3. The van der Waals surface area contributed by atoms with Gasteiger partial charge in [-0.2, -0.15) is 0 Å². The molecule has 0 aromatic heterocycles. The zero-order chi connectivity index (χ0) is 14.5. The third-order valence-corrected chi connectivity index (χ3v) is 2.98. The number of nitrogens with one attached hydrogen (secondary N) is 1. The van der Waals surface area contributed by atoms with Gasteiger partial charge in [-0.1, -0.05) is 24.3 Å². The third-order valence-electron chi connectivity index (χ3n) is 2.98. The van der Waals surface area contributed by atoms with Crippen molar-refractivity contribution < 1.29 is 9.53 Å². The van der Waals surface area contributed by atoms with Gasteiger partial charge in [0.2, 0.25) is 0 Å². The van der Waals surface area contributed by atoms with E-state index in [0.717, 1.165) is 11.3 Å². The number of para-hydroxylation sites is 1. The van der Waals surface area contributed by atoms with Gasteiger partial charge in [0, 0.05) is 11.4 Å². The lowest BCUT2D eigenvalue weighted by molar-refractivity contribution is 0.102. The molecule has 104 valence electrons. The maximum absolute atomic E-state index is 12.4. The molecule has 0 spiro atoms. The summed E-state index contributed by atoms with van der Waals surface area (Å²) in [4.78, 5) is 12.4. The van der Waals surface area contributed by atoms with Crippen LogP contribution in [0.2, 0.25) is 0 Å². The number of carbonyl (C=O) groups excluding carboxylic acids is 1. The van der Waals surface area contributed by atoms with Crippen molar-refractivity contribution in [3.63, 3.8) is 0 Å². The van der Waals surface area contributed by atoms with Crippen LogP contribution in [0.1, 0.15) is 22.8 Å². The quantitative estimate of drug-likeness (QED) is 0.838. The summed E-state index contributed by atoms with van der Waals surface area (Å²) >= 11 is 0. The second-order valence-electron chi connectivity index (χ2n) is 4.42. The Kier molecular flexibility index (Phi) is 4.25. The van der Waals surface area contributed by atoms with Gasteiger partial charge in [0.1, 0.15) is 11.3 Å². The van der Waals surface area contributed by atoms with Gasteiger partial charge < -0.3 is 15.8 Å². The van der Waals surface area contributed by atoms with Gasteiger partial charge in [-0.3, -0.25) is 4.79 Å². The van der Waals surface area contributed by atoms with Crippen LogP contribution in [0.25, 0.3) is 0 Å². The van der Waals surface area contributed by atoms with Crippen LogP contribution in [0, 0.1) is 6.92 Å². The Bertz CT molecular complexity index is 624. The maximum Gasteiger partial charge on any atom is 0.261 e. The smallest absolute Gasteiger partial charge is 0.261 e. The van der Waals surface area contributed by atoms with Gasteiger partial charge in [0.15, 0.2) is 0 Å². The van der Waals surface area contributed by atoms with E-state index in [1.165, 1.54) is 0 Å². The van der Waals surface area contributed by atoms with Gasteiger partial charge in [0.05, 0.1) is 6.61 Å². The van der Waals surface area contributed by atoms with Crippen LogP contribution in [0.15, 0.2) is 42.5 Å². The lowest BCUT2D eigenvalue weighted by atomic mass is 10.1. The number of amides is 1. The minimum absolute atomic E-state index is 0.263. The van der Waals surface area contributed by atoms with E-state index in [1.807, 2.05) is 38.1 Å². The Balaban J connectivity index is 2.32. The molecule has 0 aliphatic rings. The zero-order valence-electron chi connectivity index (χ0n) is 11.6. The van der Waals surface area contributed by atoms with Crippen molar-refractivity contribution in [3.05, 3.63) is 53.6 Å². The average molecular weight is 270 g/mol. The number of ether oxygens (including phenoxy) is 1. The number of hydrogen-bond donors (Lipinski definition) is 2. The summed E-state index contributed by atoms with van der Waals surface area (Å²) in [6, 6.07) is 12.8. The monoisotopic (exact) mass is 270 g/mol. The number of anilines is 2. The summed E-state index contributed by atoms with van der Waals surface area (Å²) in [6.45, 7) is 4.29. The molecule has 0 radical (unpaired) electrons. The van der Waals surface area contributed by atoms with Crippen molar-refractivity contribution in [2.24, 2.45) is 0 Å². The lowest BCUT2D eigenvalue weighted by Gasteiger charge is -2.13. The van der Waals surface area contributed by atoms with E-state index in [-0.39, 0.29) is 5.91 Å². The number of nitrogens with two attached hydrogens (primary N) is 1. The molecule has 0 saturated heterocycles. The van der Waals surface area contributed by atoms with Crippen molar-refractivity contribution in [3.8, 4) is 5.75 Å². The molecule has 2 rings (SSSR count). The van der Waals surface area contributed by atoms with Crippen LogP contribution in [-0.2, 0) is 0 Å². The topological polar surface area (TPSA) is 64.3 Å². The van der Waals surface area contributed by atoms with Crippen molar-refractivity contribution in [2.75, 3.05) is 17.7 Å². The predicted octanol–water partition coefficient (Wildman–Crippen LogP) is 3.23. The first-order valence-corrected chi connectivity index (χ1v) is 6.51. The number of aryl methyl sites for hydroxylation is 1.